The van der Waals surface area contributed by atoms with Crippen LogP contribution in [0.15, 0.2) is 29.2 Å². The van der Waals surface area contributed by atoms with Crippen molar-refractivity contribution in [2.45, 2.75) is 26.2 Å². The molecule has 3 aromatic rings. The average molecular weight is 341 g/mol. The molecule has 1 aromatic carbocycles. The Bertz CT molecular complexity index is 925. The van der Waals surface area contributed by atoms with E-state index in [2.05, 4.69) is 15.2 Å². The van der Waals surface area contributed by atoms with E-state index in [0.29, 0.717) is 11.3 Å². The molecule has 1 N–H and O–H groups in total. The Morgan fingerprint density at radius 1 is 1.29 bits per heavy atom. The van der Waals surface area contributed by atoms with Crippen LogP contribution in [0.5, 0.6) is 0 Å². The number of nitrogens with one attached hydrogen (secondary N) is 1. The number of benzene rings is 1. The number of fused-ring (bicyclic) bond motifs is 1. The Kier molecular flexibility index (Phi) is 4.16. The number of thiazole rings is 1. The van der Waals surface area contributed by atoms with E-state index in [1.165, 1.54) is 0 Å². The van der Waals surface area contributed by atoms with Crippen LogP contribution in [0.3, 0.4) is 0 Å². The molecule has 24 heavy (non-hydrogen) atoms. The second-order valence-electron chi connectivity index (χ2n) is 6.30. The lowest BCUT2D eigenvalue weighted by Crippen LogP contribution is -2.19. The molecule has 0 unspecified atom stereocenters. The average Bonchev–Trinajstić information content (AvgIpc) is 3.05. The van der Waals surface area contributed by atoms with E-state index in [1.54, 1.807) is 11.3 Å². The van der Waals surface area contributed by atoms with E-state index in [9.17, 15) is 4.79 Å². The zero-order valence-electron chi connectivity index (χ0n) is 13.5. The first-order valence-corrected chi connectivity index (χ1v) is 9.04. The topological polar surface area (TPSA) is 67.9 Å². The van der Waals surface area contributed by atoms with Crippen molar-refractivity contribution in [1.29, 1.82) is 0 Å². The Hall–Kier alpha value is -2.05. The Balaban J connectivity index is 1.74. The third-order valence-electron chi connectivity index (χ3n) is 4.56. The van der Waals surface area contributed by atoms with E-state index in [0.717, 1.165) is 59.0 Å². The number of H-pyrrole nitrogens is 1. The summed E-state index contributed by atoms with van der Waals surface area (Å²) < 4.78 is 5.43. The number of hydrogen-bond acceptors (Lipinski definition) is 5. The summed E-state index contributed by atoms with van der Waals surface area (Å²) in [6.07, 6.45) is 4.85. The highest BCUT2D eigenvalue weighted by molar-refractivity contribution is 7.14. The SMILES string of the molecule is Cc1cnc(-c2ccc3c(CC4CCOCC4)n[nH]c(=O)c3c2)s1. The molecule has 6 heteroatoms. The normalized spacial score (nSPS) is 15.9. The highest BCUT2D eigenvalue weighted by Gasteiger charge is 2.17. The maximum Gasteiger partial charge on any atom is 0.272 e. The van der Waals surface area contributed by atoms with Crippen LogP contribution in [0.1, 0.15) is 23.4 Å². The highest BCUT2D eigenvalue weighted by Crippen LogP contribution is 2.28. The molecule has 5 nitrogen and oxygen atoms in total. The van der Waals surface area contributed by atoms with Crippen LogP contribution in [0.2, 0.25) is 0 Å². The lowest BCUT2D eigenvalue weighted by Gasteiger charge is -2.21. The van der Waals surface area contributed by atoms with Gasteiger partial charge in [-0.25, -0.2) is 10.1 Å². The summed E-state index contributed by atoms with van der Waals surface area (Å²) in [4.78, 5) is 17.8. The van der Waals surface area contributed by atoms with Gasteiger partial charge < -0.3 is 4.74 Å². The summed E-state index contributed by atoms with van der Waals surface area (Å²) in [6, 6.07) is 5.98. The highest BCUT2D eigenvalue weighted by atomic mass is 32.1. The number of aromatic amines is 1. The van der Waals surface area contributed by atoms with Gasteiger partial charge in [-0.05, 0) is 38.2 Å². The predicted octanol–water partition coefficient (Wildman–Crippen LogP) is 3.32. The third-order valence-corrected chi connectivity index (χ3v) is 5.52. The fraction of sp³-hybridized carbons (Fsp3) is 0.389. The minimum absolute atomic E-state index is 0.143. The molecule has 1 aliphatic heterocycles. The van der Waals surface area contributed by atoms with Crippen LogP contribution < -0.4 is 5.56 Å². The smallest absolute Gasteiger partial charge is 0.272 e. The van der Waals surface area contributed by atoms with Gasteiger partial charge in [0.25, 0.3) is 5.56 Å². The lowest BCUT2D eigenvalue weighted by molar-refractivity contribution is 0.0663. The Morgan fingerprint density at radius 3 is 2.88 bits per heavy atom. The maximum atomic E-state index is 12.3. The van der Waals surface area contributed by atoms with Crippen molar-refractivity contribution in [2.75, 3.05) is 13.2 Å². The number of hydrogen-bond donors (Lipinski definition) is 1. The summed E-state index contributed by atoms with van der Waals surface area (Å²) in [5.41, 5.74) is 1.81. The molecule has 0 spiro atoms. The van der Waals surface area contributed by atoms with E-state index in [-0.39, 0.29) is 5.56 Å². The van der Waals surface area contributed by atoms with Gasteiger partial charge in [-0.3, -0.25) is 4.79 Å². The summed E-state index contributed by atoms with van der Waals surface area (Å²) in [7, 11) is 0. The third kappa shape index (κ3) is 2.99. The number of nitrogens with zero attached hydrogens (tertiary/aromatic N) is 2. The minimum atomic E-state index is -0.143. The fourth-order valence-electron chi connectivity index (χ4n) is 3.22. The molecule has 0 amide bonds. The lowest BCUT2D eigenvalue weighted by atomic mass is 9.93. The van der Waals surface area contributed by atoms with Crippen molar-refractivity contribution >= 4 is 22.1 Å². The standard InChI is InChI=1S/C18H19N3O2S/c1-11-10-19-18(24-11)13-2-3-14-15(9-13)17(22)21-20-16(14)8-12-4-6-23-7-5-12/h2-3,9-10,12H,4-8H2,1H3,(H,21,22). The van der Waals surface area contributed by atoms with Crippen molar-refractivity contribution in [1.82, 2.24) is 15.2 Å². The molecule has 0 aliphatic carbocycles. The molecule has 0 bridgehead atoms. The molecular weight excluding hydrogens is 322 g/mol. The molecule has 4 rings (SSSR count). The number of aryl methyl sites for hydroxylation is 1. The molecule has 0 radical (unpaired) electrons. The molecule has 0 atom stereocenters. The Morgan fingerprint density at radius 2 is 2.12 bits per heavy atom. The molecule has 2 aromatic heterocycles. The van der Waals surface area contributed by atoms with Gasteiger partial charge in [-0.2, -0.15) is 5.10 Å². The van der Waals surface area contributed by atoms with Gasteiger partial charge in [-0.15, -0.1) is 11.3 Å². The molecule has 1 saturated heterocycles. The van der Waals surface area contributed by atoms with Crippen LogP contribution in [-0.4, -0.2) is 28.4 Å². The molecule has 3 heterocycles. The second kappa shape index (κ2) is 6.45. The first kappa shape index (κ1) is 15.5. The van der Waals surface area contributed by atoms with Crippen molar-refractivity contribution < 1.29 is 4.74 Å². The van der Waals surface area contributed by atoms with Crippen LogP contribution in [0.25, 0.3) is 21.3 Å². The van der Waals surface area contributed by atoms with E-state index < -0.39 is 0 Å². The van der Waals surface area contributed by atoms with Gasteiger partial charge in [0.1, 0.15) is 5.01 Å². The van der Waals surface area contributed by atoms with Crippen molar-refractivity contribution in [2.24, 2.45) is 5.92 Å². The summed E-state index contributed by atoms with van der Waals surface area (Å²) in [6.45, 7) is 3.67. The predicted molar refractivity (Wildman–Crippen MR) is 95.5 cm³/mol. The summed E-state index contributed by atoms with van der Waals surface area (Å²) in [5.74, 6) is 0.571. The van der Waals surface area contributed by atoms with Crippen LogP contribution in [-0.2, 0) is 11.2 Å². The maximum absolute atomic E-state index is 12.3. The Labute approximate surface area is 143 Å². The van der Waals surface area contributed by atoms with Crippen molar-refractivity contribution in [3.05, 3.63) is 45.3 Å². The first-order chi connectivity index (χ1) is 11.7. The van der Waals surface area contributed by atoms with Gasteiger partial charge in [0, 0.05) is 35.2 Å². The minimum Gasteiger partial charge on any atom is -0.381 e. The van der Waals surface area contributed by atoms with Crippen molar-refractivity contribution in [3.8, 4) is 10.6 Å². The van der Waals surface area contributed by atoms with Gasteiger partial charge in [0.15, 0.2) is 0 Å². The monoisotopic (exact) mass is 341 g/mol. The molecule has 1 aliphatic rings. The molecular formula is C18H19N3O2S. The largest absolute Gasteiger partial charge is 0.381 e. The van der Waals surface area contributed by atoms with Crippen LogP contribution in [0, 0.1) is 12.8 Å². The van der Waals surface area contributed by atoms with Gasteiger partial charge in [0.05, 0.1) is 11.1 Å². The van der Waals surface area contributed by atoms with Gasteiger partial charge in [0.2, 0.25) is 0 Å². The van der Waals surface area contributed by atoms with Crippen LogP contribution >= 0.6 is 11.3 Å². The zero-order chi connectivity index (χ0) is 16.5. The van der Waals surface area contributed by atoms with E-state index in [1.807, 2.05) is 31.3 Å². The molecule has 0 saturated carbocycles. The van der Waals surface area contributed by atoms with Crippen molar-refractivity contribution in [3.63, 3.8) is 0 Å². The number of aromatic nitrogens is 3. The summed E-state index contributed by atoms with van der Waals surface area (Å²) in [5, 5.41) is 9.56. The van der Waals surface area contributed by atoms with E-state index in [4.69, 9.17) is 4.74 Å². The van der Waals surface area contributed by atoms with Gasteiger partial charge >= 0.3 is 0 Å². The van der Waals surface area contributed by atoms with E-state index >= 15 is 0 Å². The molecule has 124 valence electrons. The number of rotatable bonds is 3. The quantitative estimate of drug-likeness (QED) is 0.793. The number of ether oxygens (including phenoxy) is 1. The van der Waals surface area contributed by atoms with Crippen LogP contribution in [0.4, 0.5) is 0 Å². The fourth-order valence-corrected chi connectivity index (χ4v) is 3.98. The first-order valence-electron chi connectivity index (χ1n) is 8.22. The zero-order valence-corrected chi connectivity index (χ0v) is 14.4. The molecule has 1 fully saturated rings. The summed E-state index contributed by atoms with van der Waals surface area (Å²) >= 11 is 1.64. The second-order valence-corrected chi connectivity index (χ2v) is 7.53. The van der Waals surface area contributed by atoms with Gasteiger partial charge in [-0.1, -0.05) is 12.1 Å².